The molecule has 0 bridgehead atoms. The molecule has 2 heterocycles. The minimum Gasteiger partial charge on any atom is -0.489 e. The van der Waals surface area contributed by atoms with Crippen LogP contribution < -0.4 is 29.7 Å². The number of ketones is 1. The van der Waals surface area contributed by atoms with Crippen molar-refractivity contribution in [2.24, 2.45) is 5.73 Å². The number of aromatic nitrogens is 1. The van der Waals surface area contributed by atoms with Crippen molar-refractivity contribution >= 4 is 120 Å². The summed E-state index contributed by atoms with van der Waals surface area (Å²) in [6.45, 7) is 10.1. The quantitative estimate of drug-likeness (QED) is 0.0138. The zero-order valence-electron chi connectivity index (χ0n) is 53.2. The predicted molar refractivity (Wildman–Crippen MR) is 354 cm³/mol. The zero-order chi connectivity index (χ0) is 74.2. The van der Waals surface area contributed by atoms with Gasteiger partial charge >= 0.3 is 18.3 Å². The van der Waals surface area contributed by atoms with E-state index in [1.165, 1.54) is 12.9 Å². The average Bonchev–Trinajstić information content (AvgIpc) is 1.41. The van der Waals surface area contributed by atoms with Crippen molar-refractivity contribution in [1.29, 1.82) is 0 Å². The summed E-state index contributed by atoms with van der Waals surface area (Å²) < 4.78 is 156. The Bertz CT molecular complexity index is 4140. The molecule has 1 aliphatic heterocycles. The standard InChI is InChI=1S/C15H10ClF3N2O6S.C15H22ClNO2.C15H12F3NO4S.C11H11Cl2NO2.C5H12NO4P/c1-28(25,26)20-14(22)10-7-9(3-4-12(10)21(23)24)27-13-5-2-8(6-11(13)16)15(17,18)19;1-5-13-8-6-7-11(2)15(13)17(14(18)9-16)12(3)10-19-4;1-24(21,22)12-6-9(15(16,17)18)4-5-10(12)13(20)11-7-19-23-14(11)8-2-3-8;1-7-6-16-9-5-3-2-4-8(9)14(7)11(15)10(12)13;1-11(9,10)3-2-4(6)5(7)8/h2-7H,1H3,(H,20,22);6-8,12H,5,9-10H2,1-4H3;4-8H,2-3H2,1H3;2-5,7,10H,6H2,1H3;4H,2-3,6H2,1H3,(H,7,8)(H,9,10). The number of ether oxygens (including phenoxy) is 3. The molecule has 1 fully saturated rings. The number of halogens is 10. The number of hydrogen-bond acceptors (Lipinski definition) is 18. The molecule has 8 rings (SSSR count). The topological polar surface area (TPSA) is 353 Å². The molecule has 3 amide bonds. The van der Waals surface area contributed by atoms with E-state index in [9.17, 15) is 81.8 Å². The summed E-state index contributed by atoms with van der Waals surface area (Å²) in [5.41, 5.74) is 5.31. The lowest BCUT2D eigenvalue weighted by Gasteiger charge is -2.35. The first-order valence-corrected chi connectivity index (χ1v) is 36.5. The van der Waals surface area contributed by atoms with Crippen molar-refractivity contribution in [3.8, 4) is 17.2 Å². The number of hydrogen-bond donors (Lipinski definition) is 4. The zero-order valence-corrected chi connectivity index (χ0v) is 58.7. The molecule has 0 saturated heterocycles. The van der Waals surface area contributed by atoms with Crippen LogP contribution in [0.3, 0.4) is 0 Å². The highest BCUT2D eigenvalue weighted by Crippen LogP contribution is 2.43. The summed E-state index contributed by atoms with van der Waals surface area (Å²) >= 11 is 22.8. The highest BCUT2D eigenvalue weighted by Gasteiger charge is 2.38. The fourth-order valence-corrected chi connectivity index (χ4v) is 11.7. The van der Waals surface area contributed by atoms with Gasteiger partial charge in [-0.3, -0.25) is 38.7 Å². The van der Waals surface area contributed by atoms with Crippen molar-refractivity contribution in [1.82, 2.24) is 9.88 Å². The lowest BCUT2D eigenvalue weighted by molar-refractivity contribution is -0.385. The van der Waals surface area contributed by atoms with Crippen molar-refractivity contribution < 1.29 is 105 Å². The lowest BCUT2D eigenvalue weighted by Crippen LogP contribution is -2.47. The number of aliphatic carboxylic acids is 1. The molecule has 5 aromatic carbocycles. The third kappa shape index (κ3) is 24.5. The molecule has 98 heavy (non-hydrogen) atoms. The third-order valence-corrected chi connectivity index (χ3v) is 17.4. The van der Waals surface area contributed by atoms with Gasteiger partial charge in [-0.05, 0) is 112 Å². The first kappa shape index (κ1) is 83.0. The smallest absolute Gasteiger partial charge is 0.416 e. The molecule has 4 unspecified atom stereocenters. The van der Waals surface area contributed by atoms with Crippen LogP contribution in [0.5, 0.6) is 17.2 Å². The largest absolute Gasteiger partial charge is 0.489 e. The average molecular weight is 1520 g/mol. The van der Waals surface area contributed by atoms with Gasteiger partial charge in [0.25, 0.3) is 17.5 Å². The van der Waals surface area contributed by atoms with Crippen LogP contribution in [0.25, 0.3) is 0 Å². The van der Waals surface area contributed by atoms with Crippen LogP contribution in [-0.4, -0.2) is 141 Å². The number of fused-ring (bicyclic) bond motifs is 1. The molecule has 24 nitrogen and oxygen atoms in total. The molecule has 5 N–H and O–H groups in total. The Hall–Kier alpha value is -7.39. The van der Waals surface area contributed by atoms with Gasteiger partial charge < -0.3 is 44.3 Å². The molecule has 4 atom stereocenters. The summed E-state index contributed by atoms with van der Waals surface area (Å²) in [6.07, 6.45) is -4.21. The highest BCUT2D eigenvalue weighted by atomic mass is 35.5. The van der Waals surface area contributed by atoms with E-state index in [0.29, 0.717) is 55.2 Å². The number of nitrogens with two attached hydrogens (primary N) is 1. The number of nitro groups is 1. The van der Waals surface area contributed by atoms with Crippen LogP contribution in [0.4, 0.5) is 43.4 Å². The summed E-state index contributed by atoms with van der Waals surface area (Å²) in [5.74, 6) is -2.88. The normalized spacial score (nSPS) is 14.8. The number of nitrogens with one attached hydrogen (secondary N) is 1. The summed E-state index contributed by atoms with van der Waals surface area (Å²) in [7, 11) is -9.51. The number of carboxylic acid groups (broad SMARTS) is 1. The molecule has 2 aliphatic rings. The number of para-hydroxylation sites is 3. The number of carbonyl (C=O) groups excluding carboxylic acids is 4. The van der Waals surface area contributed by atoms with Gasteiger partial charge in [0.2, 0.25) is 15.9 Å². The number of aryl methyl sites for hydroxylation is 2. The number of carboxylic acids is 1. The number of benzene rings is 5. The minimum absolute atomic E-state index is 0.0223. The number of carbonyl (C=O) groups is 5. The second-order valence-corrected chi connectivity index (χ2v) is 29.9. The van der Waals surface area contributed by atoms with Gasteiger partial charge in [0, 0.05) is 49.8 Å². The number of rotatable bonds is 20. The van der Waals surface area contributed by atoms with Crippen molar-refractivity contribution in [2.45, 2.75) is 99.5 Å². The van der Waals surface area contributed by atoms with E-state index in [1.807, 2.05) is 57.2 Å². The summed E-state index contributed by atoms with van der Waals surface area (Å²) in [6, 6.07) is 19.4. The number of nitro benzene ring substituents is 1. The minimum atomic E-state index is -4.71. The maximum absolute atomic E-state index is 12.8. The number of anilines is 2. The predicted octanol–water partition coefficient (Wildman–Crippen LogP) is 12.4. The number of alkyl halides is 9. The maximum Gasteiger partial charge on any atom is 0.416 e. The number of sulfone groups is 1. The number of methoxy groups -OCH3 is 1. The van der Waals surface area contributed by atoms with E-state index in [4.69, 9.17) is 80.9 Å². The second kappa shape index (κ2) is 35.6. The second-order valence-electron chi connectivity index (χ2n) is 21.9. The Labute approximate surface area is 579 Å². The van der Waals surface area contributed by atoms with Crippen molar-refractivity contribution in [2.75, 3.05) is 61.3 Å². The van der Waals surface area contributed by atoms with Gasteiger partial charge in [0.15, 0.2) is 33.6 Å². The number of sulfonamides is 1. The fourth-order valence-electron chi connectivity index (χ4n) is 8.99. The Morgan fingerprint density at radius 1 is 0.918 bits per heavy atom. The highest BCUT2D eigenvalue weighted by molar-refractivity contribution is 7.90. The SMILES string of the molecule is CC1COc2ccccc2N1C(=O)C(Cl)Cl.CCc1cccc(C)c1N(C(=O)CCl)C(C)COC.CP(=O)(O)CCC(N)C(=O)O.CS(=O)(=O)NC(=O)c1cc(Oc2ccc(C(F)(F)F)cc2Cl)ccc1[N+](=O)[O-].CS(=O)(=O)c1cc(C(F)(F)F)ccc1C(=O)c1cnoc1C1CC1. The molecule has 1 saturated carbocycles. The molecule has 6 aromatic rings. The Morgan fingerprint density at radius 3 is 2.05 bits per heavy atom. The van der Waals surface area contributed by atoms with Crippen LogP contribution in [0, 0.1) is 17.0 Å². The fraction of sp³-hybridized carbons (Fsp3) is 0.377. The van der Waals surface area contributed by atoms with Crippen LogP contribution in [0.2, 0.25) is 5.02 Å². The van der Waals surface area contributed by atoms with Crippen molar-refractivity contribution in [3.05, 3.63) is 163 Å². The molecular formula is C61H67Cl4F6N6O18PS2. The molecule has 0 radical (unpaired) electrons. The van der Waals surface area contributed by atoms with Gasteiger partial charge in [-0.1, -0.05) is 77.2 Å². The number of amides is 3. The first-order valence-electron chi connectivity index (χ1n) is 28.7. The van der Waals surface area contributed by atoms with Gasteiger partial charge in [0.05, 0.1) is 74.0 Å². The number of nitrogens with zero attached hydrogens (tertiary/aromatic N) is 4. The van der Waals surface area contributed by atoms with E-state index in [-0.39, 0.29) is 70.9 Å². The third-order valence-electron chi connectivity index (χ3n) is 13.7. The first-order chi connectivity index (χ1) is 45.4. The van der Waals surface area contributed by atoms with E-state index in [1.54, 1.807) is 21.6 Å². The molecule has 1 aromatic heterocycles. The van der Waals surface area contributed by atoms with Gasteiger partial charge in [0.1, 0.15) is 41.3 Å². The van der Waals surface area contributed by atoms with Gasteiger partial charge in [-0.2, -0.15) is 26.3 Å². The Balaban J connectivity index is 0.000000268. The van der Waals surface area contributed by atoms with Crippen molar-refractivity contribution in [3.63, 3.8) is 0 Å². The lowest BCUT2D eigenvalue weighted by atomic mass is 10.0. The van der Waals surface area contributed by atoms with Crippen LogP contribution in [-0.2, 0) is 62.3 Å². The molecular weight excluding hydrogens is 1460 g/mol. The monoisotopic (exact) mass is 1520 g/mol. The summed E-state index contributed by atoms with van der Waals surface area (Å²) in [5, 5.41) is 22.5. The van der Waals surface area contributed by atoms with E-state index >= 15 is 0 Å². The van der Waals surface area contributed by atoms with Gasteiger partial charge in [-0.25, -0.2) is 21.6 Å². The van der Waals surface area contributed by atoms with Gasteiger partial charge in [-0.15, -0.1) is 11.6 Å². The Kier molecular flexibility index (Phi) is 30.2. The van der Waals surface area contributed by atoms with Crippen LogP contribution in [0.1, 0.15) is 100 Å². The van der Waals surface area contributed by atoms with E-state index in [2.05, 4.69) is 18.1 Å². The van der Waals surface area contributed by atoms with E-state index < -0.39 is 105 Å². The van der Waals surface area contributed by atoms with Crippen LogP contribution in [0.15, 0.2) is 113 Å². The molecule has 0 spiro atoms. The van der Waals surface area contributed by atoms with E-state index in [0.717, 1.165) is 78.4 Å². The van der Waals surface area contributed by atoms with Crippen LogP contribution >= 0.6 is 53.8 Å². The molecule has 1 aliphatic carbocycles. The molecule has 536 valence electrons. The summed E-state index contributed by atoms with van der Waals surface area (Å²) in [4.78, 5) is 79.4. The molecule has 37 heteroatoms. The maximum atomic E-state index is 12.8. The Morgan fingerprint density at radius 2 is 1.53 bits per heavy atom.